The molecule has 1 spiro atoms. The van der Waals surface area contributed by atoms with Crippen LogP contribution < -0.4 is 0 Å². The van der Waals surface area contributed by atoms with Gasteiger partial charge < -0.3 is 19.5 Å². The van der Waals surface area contributed by atoms with Crippen molar-refractivity contribution >= 4 is 12.2 Å². The monoisotopic (exact) mass is 465 g/mol. The second kappa shape index (κ2) is 10.0. The first kappa shape index (κ1) is 24.9. The van der Waals surface area contributed by atoms with Gasteiger partial charge in [-0.1, -0.05) is 13.3 Å². The molecule has 0 aromatic carbocycles. The van der Waals surface area contributed by atoms with Gasteiger partial charge in [0.2, 0.25) is 0 Å². The largest absolute Gasteiger partial charge is 0.465 e. The van der Waals surface area contributed by atoms with Gasteiger partial charge in [0.25, 0.3) is 0 Å². The van der Waals surface area contributed by atoms with E-state index in [0.717, 1.165) is 24.2 Å². The molecule has 32 heavy (non-hydrogen) atoms. The number of alkyl halides is 3. The van der Waals surface area contributed by atoms with E-state index in [4.69, 9.17) is 9.47 Å². The summed E-state index contributed by atoms with van der Waals surface area (Å²) in [5.74, 6) is 0.383. The molecule has 8 nitrogen and oxygen atoms in total. The van der Waals surface area contributed by atoms with E-state index in [1.54, 1.807) is 0 Å². The quantitative estimate of drug-likeness (QED) is 0.582. The first-order chi connectivity index (χ1) is 15.1. The van der Waals surface area contributed by atoms with Gasteiger partial charge in [0.15, 0.2) is 0 Å². The van der Waals surface area contributed by atoms with Crippen LogP contribution in [0, 0.1) is 11.3 Å². The molecule has 0 aromatic rings. The van der Waals surface area contributed by atoms with Crippen LogP contribution >= 0.6 is 0 Å². The highest BCUT2D eigenvalue weighted by molar-refractivity contribution is 5.68. The zero-order valence-corrected chi connectivity index (χ0v) is 18.8. The molecule has 3 rings (SSSR count). The molecule has 1 N–H and O–H groups in total. The smallest absolute Gasteiger partial charge is 0.410 e. The van der Waals surface area contributed by atoms with Gasteiger partial charge in [-0.3, -0.25) is 9.80 Å². The molecule has 1 saturated carbocycles. The van der Waals surface area contributed by atoms with Crippen molar-refractivity contribution in [2.75, 3.05) is 53.0 Å². The van der Waals surface area contributed by atoms with Crippen LogP contribution in [-0.2, 0) is 9.47 Å². The second-order valence-corrected chi connectivity index (χ2v) is 9.22. The summed E-state index contributed by atoms with van der Waals surface area (Å²) >= 11 is 0. The lowest BCUT2D eigenvalue weighted by Gasteiger charge is -2.58. The molecule has 0 aromatic heterocycles. The van der Waals surface area contributed by atoms with E-state index in [9.17, 15) is 27.9 Å². The molecule has 3 atom stereocenters. The molecule has 3 fully saturated rings. The molecule has 0 bridgehead atoms. The standard InChI is InChI=1S/C21H34F3N3O5/c1-3-16-17(12-20(16)6-9-26(13-20)18(28)29)25-7-4-15(5-8-25)27(14-21(22,23)24)19(30)32-11-10-31-2/h15-17H,3-14H2,1-2H3,(H,28,29). The van der Waals surface area contributed by atoms with Crippen LogP contribution in [0.1, 0.15) is 39.0 Å². The van der Waals surface area contributed by atoms with Crippen LogP contribution in [-0.4, -0.2) is 103 Å². The summed E-state index contributed by atoms with van der Waals surface area (Å²) in [7, 11) is 1.43. The van der Waals surface area contributed by atoms with Gasteiger partial charge in [0.05, 0.1) is 6.61 Å². The number of piperidine rings is 1. The number of nitrogens with zero attached hydrogens (tertiary/aromatic N) is 3. The summed E-state index contributed by atoms with van der Waals surface area (Å²) in [6.07, 6.45) is -2.67. The Bertz CT molecular complexity index is 672. The lowest BCUT2D eigenvalue weighted by atomic mass is 9.54. The fraction of sp³-hybridized carbons (Fsp3) is 0.905. The van der Waals surface area contributed by atoms with Crippen molar-refractivity contribution in [3.63, 3.8) is 0 Å². The number of hydrogen-bond acceptors (Lipinski definition) is 5. The van der Waals surface area contributed by atoms with Gasteiger partial charge in [-0.05, 0) is 37.0 Å². The van der Waals surface area contributed by atoms with Gasteiger partial charge in [-0.15, -0.1) is 0 Å². The van der Waals surface area contributed by atoms with Crippen LogP contribution in [0.15, 0.2) is 0 Å². The van der Waals surface area contributed by atoms with Crippen molar-refractivity contribution in [2.45, 2.75) is 57.3 Å². The van der Waals surface area contributed by atoms with Crippen LogP contribution in [0.5, 0.6) is 0 Å². The average Bonchev–Trinajstić information content (AvgIpc) is 3.18. The molecule has 3 aliphatic rings. The average molecular weight is 466 g/mol. The van der Waals surface area contributed by atoms with Gasteiger partial charge in [0, 0.05) is 45.4 Å². The molecule has 0 radical (unpaired) electrons. The summed E-state index contributed by atoms with van der Waals surface area (Å²) < 4.78 is 49.1. The number of amides is 2. The molecular formula is C21H34F3N3O5. The Morgan fingerprint density at radius 2 is 1.88 bits per heavy atom. The first-order valence-corrected chi connectivity index (χ1v) is 11.3. The Morgan fingerprint density at radius 1 is 1.19 bits per heavy atom. The maximum absolute atomic E-state index is 13.1. The number of ether oxygens (including phenoxy) is 2. The van der Waals surface area contributed by atoms with Crippen molar-refractivity contribution in [3.05, 3.63) is 0 Å². The third-order valence-corrected chi connectivity index (χ3v) is 7.47. The minimum absolute atomic E-state index is 0.0299. The number of carbonyl (C=O) groups excluding carboxylic acids is 1. The molecular weight excluding hydrogens is 431 g/mol. The molecule has 1 aliphatic carbocycles. The Labute approximate surface area is 186 Å². The van der Waals surface area contributed by atoms with Gasteiger partial charge >= 0.3 is 18.4 Å². The molecule has 2 saturated heterocycles. The van der Waals surface area contributed by atoms with Crippen LogP contribution in [0.4, 0.5) is 22.8 Å². The van der Waals surface area contributed by atoms with E-state index in [1.165, 1.54) is 12.0 Å². The highest BCUT2D eigenvalue weighted by atomic mass is 19.4. The summed E-state index contributed by atoms with van der Waals surface area (Å²) in [5, 5.41) is 9.30. The summed E-state index contributed by atoms with van der Waals surface area (Å²) in [6.45, 7) is 3.21. The van der Waals surface area contributed by atoms with Crippen molar-refractivity contribution in [3.8, 4) is 0 Å². The maximum Gasteiger partial charge on any atom is 0.410 e. The molecule has 3 unspecified atom stereocenters. The van der Waals surface area contributed by atoms with Crippen molar-refractivity contribution < 1.29 is 37.3 Å². The number of likely N-dealkylation sites (tertiary alicyclic amines) is 2. The lowest BCUT2D eigenvalue weighted by Crippen LogP contribution is -2.62. The van der Waals surface area contributed by atoms with E-state index in [1.807, 2.05) is 0 Å². The Kier molecular flexibility index (Phi) is 7.80. The Hall–Kier alpha value is -1.75. The van der Waals surface area contributed by atoms with E-state index in [0.29, 0.717) is 51.0 Å². The topological polar surface area (TPSA) is 82.6 Å². The number of carboxylic acid groups (broad SMARTS) is 1. The second-order valence-electron chi connectivity index (χ2n) is 9.22. The number of carbonyl (C=O) groups is 2. The fourth-order valence-electron chi connectivity index (χ4n) is 5.94. The third-order valence-electron chi connectivity index (χ3n) is 7.47. The number of rotatable bonds is 7. The van der Waals surface area contributed by atoms with Crippen LogP contribution in [0.2, 0.25) is 0 Å². The molecule has 2 aliphatic heterocycles. The van der Waals surface area contributed by atoms with Crippen LogP contribution in [0.25, 0.3) is 0 Å². The van der Waals surface area contributed by atoms with Crippen molar-refractivity contribution in [1.29, 1.82) is 0 Å². The van der Waals surface area contributed by atoms with Crippen molar-refractivity contribution in [2.24, 2.45) is 11.3 Å². The SMILES string of the molecule is CCC1C(N2CCC(N(CC(F)(F)F)C(=O)OCCOC)CC2)CC12CCN(C(=O)O)C2. The molecule has 184 valence electrons. The molecule has 11 heteroatoms. The number of methoxy groups -OCH3 is 1. The normalized spacial score (nSPS) is 29.2. The fourth-order valence-corrected chi connectivity index (χ4v) is 5.94. The zero-order chi connectivity index (χ0) is 23.5. The Balaban J connectivity index is 1.57. The minimum atomic E-state index is -4.50. The predicted octanol–water partition coefficient (Wildman–Crippen LogP) is 3.27. The Morgan fingerprint density at radius 3 is 2.41 bits per heavy atom. The highest BCUT2D eigenvalue weighted by Crippen LogP contribution is 2.56. The van der Waals surface area contributed by atoms with Gasteiger partial charge in [0.1, 0.15) is 13.2 Å². The number of halogens is 3. The van der Waals surface area contributed by atoms with E-state index in [2.05, 4.69) is 11.8 Å². The van der Waals surface area contributed by atoms with E-state index < -0.39 is 30.9 Å². The summed E-state index contributed by atoms with van der Waals surface area (Å²) in [4.78, 5) is 28.3. The lowest BCUT2D eigenvalue weighted by molar-refractivity contribution is -0.150. The van der Waals surface area contributed by atoms with E-state index >= 15 is 0 Å². The molecule has 2 amide bonds. The third kappa shape index (κ3) is 5.41. The van der Waals surface area contributed by atoms with Crippen molar-refractivity contribution in [1.82, 2.24) is 14.7 Å². The number of hydrogen-bond donors (Lipinski definition) is 1. The van der Waals surface area contributed by atoms with Gasteiger partial charge in [-0.25, -0.2) is 9.59 Å². The summed E-state index contributed by atoms with van der Waals surface area (Å²) in [5.41, 5.74) is 0.0299. The first-order valence-electron chi connectivity index (χ1n) is 11.3. The van der Waals surface area contributed by atoms with E-state index in [-0.39, 0.29) is 18.6 Å². The van der Waals surface area contributed by atoms with Crippen LogP contribution in [0.3, 0.4) is 0 Å². The zero-order valence-electron chi connectivity index (χ0n) is 18.8. The predicted molar refractivity (Wildman–Crippen MR) is 109 cm³/mol. The maximum atomic E-state index is 13.1. The van der Waals surface area contributed by atoms with Gasteiger partial charge in [-0.2, -0.15) is 13.2 Å². The molecule has 2 heterocycles. The summed E-state index contributed by atoms with van der Waals surface area (Å²) in [6, 6.07) is -0.203. The highest BCUT2D eigenvalue weighted by Gasteiger charge is 2.58. The minimum Gasteiger partial charge on any atom is -0.465 e.